The Labute approximate surface area is 160 Å². The van der Waals surface area contributed by atoms with Gasteiger partial charge in [-0.15, -0.1) is 0 Å². The smallest absolute Gasteiger partial charge is 0.350 e. The Bertz CT molecular complexity index is 831. The average Bonchev–Trinajstić information content (AvgIpc) is 2.98. The number of ether oxygens (including phenoxy) is 1. The van der Waals surface area contributed by atoms with E-state index >= 15 is 0 Å². The number of carbonyl (C=O) groups excluding carboxylic acids is 3. The van der Waals surface area contributed by atoms with E-state index in [-0.39, 0.29) is 35.6 Å². The molecule has 0 spiro atoms. The Morgan fingerprint density at radius 1 is 1.19 bits per heavy atom. The van der Waals surface area contributed by atoms with Gasteiger partial charge in [0.25, 0.3) is 0 Å². The SMILES string of the molecule is Cc1nc(NC(=O)CCC(=O)c2ccc(F)cc2)sc1C(=O)OCC(C)C. The van der Waals surface area contributed by atoms with Crippen LogP contribution in [0.15, 0.2) is 24.3 Å². The molecule has 0 aliphatic rings. The summed E-state index contributed by atoms with van der Waals surface area (Å²) in [5.74, 6) is -1.31. The van der Waals surface area contributed by atoms with Crippen molar-refractivity contribution >= 4 is 34.1 Å². The molecule has 0 bridgehead atoms. The van der Waals surface area contributed by atoms with Crippen molar-refractivity contribution in [2.45, 2.75) is 33.6 Å². The number of aryl methyl sites for hydroxylation is 1. The second kappa shape index (κ2) is 9.36. The van der Waals surface area contributed by atoms with Crippen molar-refractivity contribution < 1.29 is 23.5 Å². The summed E-state index contributed by atoms with van der Waals surface area (Å²) in [5.41, 5.74) is 0.830. The first-order valence-corrected chi connectivity index (χ1v) is 9.31. The highest BCUT2D eigenvalue weighted by Gasteiger charge is 2.18. The standard InChI is InChI=1S/C19H21FN2O4S/c1-11(2)10-26-18(25)17-12(3)21-19(27-17)22-16(24)9-8-15(23)13-4-6-14(20)7-5-13/h4-7,11H,8-10H2,1-3H3,(H,21,22,24). The topological polar surface area (TPSA) is 85.4 Å². The normalized spacial score (nSPS) is 10.7. The molecule has 8 heteroatoms. The fourth-order valence-corrected chi connectivity index (χ4v) is 3.01. The van der Waals surface area contributed by atoms with Crippen molar-refractivity contribution in [1.82, 2.24) is 4.98 Å². The molecule has 1 amide bonds. The van der Waals surface area contributed by atoms with Crippen LogP contribution in [0.1, 0.15) is 52.4 Å². The van der Waals surface area contributed by atoms with Gasteiger partial charge in [-0.1, -0.05) is 25.2 Å². The minimum atomic E-state index is -0.467. The Morgan fingerprint density at radius 3 is 2.48 bits per heavy atom. The second-order valence-corrected chi connectivity index (χ2v) is 7.40. The van der Waals surface area contributed by atoms with Crippen LogP contribution >= 0.6 is 11.3 Å². The van der Waals surface area contributed by atoms with Crippen LogP contribution in [0.2, 0.25) is 0 Å². The van der Waals surface area contributed by atoms with Gasteiger partial charge in [0.2, 0.25) is 5.91 Å². The fraction of sp³-hybridized carbons (Fsp3) is 0.368. The van der Waals surface area contributed by atoms with Crippen LogP contribution in [-0.2, 0) is 9.53 Å². The summed E-state index contributed by atoms with van der Waals surface area (Å²) in [5, 5.41) is 2.87. The van der Waals surface area contributed by atoms with E-state index in [1.54, 1.807) is 6.92 Å². The molecule has 1 N–H and O–H groups in total. The third-order valence-electron chi connectivity index (χ3n) is 3.52. The first-order chi connectivity index (χ1) is 12.8. The number of carbonyl (C=O) groups is 3. The molecule has 0 saturated carbocycles. The quantitative estimate of drug-likeness (QED) is 0.542. The number of halogens is 1. The molecule has 0 radical (unpaired) electrons. The van der Waals surface area contributed by atoms with Crippen LogP contribution in [0.25, 0.3) is 0 Å². The molecule has 1 aromatic carbocycles. The van der Waals surface area contributed by atoms with Gasteiger partial charge in [-0.3, -0.25) is 9.59 Å². The maximum atomic E-state index is 12.9. The van der Waals surface area contributed by atoms with E-state index in [0.717, 1.165) is 11.3 Å². The zero-order valence-electron chi connectivity index (χ0n) is 15.4. The fourth-order valence-electron chi connectivity index (χ4n) is 2.14. The Kier molecular flexibility index (Phi) is 7.18. The van der Waals surface area contributed by atoms with Crippen molar-refractivity contribution in [3.05, 3.63) is 46.2 Å². The third-order valence-corrected chi connectivity index (χ3v) is 4.57. The highest BCUT2D eigenvalue weighted by atomic mass is 32.1. The molecule has 27 heavy (non-hydrogen) atoms. The summed E-state index contributed by atoms with van der Waals surface area (Å²) >= 11 is 1.04. The molecule has 0 atom stereocenters. The number of aromatic nitrogens is 1. The van der Waals surface area contributed by atoms with Crippen molar-refractivity contribution in [2.24, 2.45) is 5.92 Å². The number of Topliss-reactive ketones (excluding diaryl/α,β-unsaturated/α-hetero) is 1. The van der Waals surface area contributed by atoms with E-state index in [4.69, 9.17) is 4.74 Å². The first-order valence-electron chi connectivity index (χ1n) is 8.49. The highest BCUT2D eigenvalue weighted by Crippen LogP contribution is 2.24. The molecule has 144 valence electrons. The second-order valence-electron chi connectivity index (χ2n) is 6.40. The van der Waals surface area contributed by atoms with E-state index in [9.17, 15) is 18.8 Å². The lowest BCUT2D eigenvalue weighted by atomic mass is 10.1. The predicted molar refractivity (Wildman–Crippen MR) is 101 cm³/mol. The maximum Gasteiger partial charge on any atom is 0.350 e. The van der Waals surface area contributed by atoms with Crippen LogP contribution in [0.5, 0.6) is 0 Å². The molecule has 1 aromatic heterocycles. The number of thiazole rings is 1. The van der Waals surface area contributed by atoms with Crippen molar-refractivity contribution in [1.29, 1.82) is 0 Å². The molecule has 0 aliphatic heterocycles. The number of hydrogen-bond donors (Lipinski definition) is 1. The molecule has 0 fully saturated rings. The summed E-state index contributed by atoms with van der Waals surface area (Å²) in [6.07, 6.45) is -0.0485. The van der Waals surface area contributed by atoms with Crippen LogP contribution in [0.4, 0.5) is 9.52 Å². The molecule has 1 heterocycles. The van der Waals surface area contributed by atoms with E-state index in [0.29, 0.717) is 22.7 Å². The number of nitrogens with zero attached hydrogens (tertiary/aromatic N) is 1. The molecule has 0 saturated heterocycles. The number of benzene rings is 1. The van der Waals surface area contributed by atoms with Gasteiger partial charge in [-0.25, -0.2) is 14.2 Å². The summed E-state index contributed by atoms with van der Waals surface area (Å²) in [7, 11) is 0. The number of nitrogens with one attached hydrogen (secondary N) is 1. The lowest BCUT2D eigenvalue weighted by molar-refractivity contribution is -0.116. The molecular formula is C19H21FN2O4S. The number of ketones is 1. The average molecular weight is 392 g/mol. The van der Waals surface area contributed by atoms with Gasteiger partial charge in [0.05, 0.1) is 12.3 Å². The van der Waals surface area contributed by atoms with E-state index in [2.05, 4.69) is 10.3 Å². The minimum absolute atomic E-state index is 0.00882. The van der Waals surface area contributed by atoms with Crippen LogP contribution in [0.3, 0.4) is 0 Å². The lowest BCUT2D eigenvalue weighted by Crippen LogP contribution is -2.13. The van der Waals surface area contributed by atoms with Gasteiger partial charge >= 0.3 is 5.97 Å². The largest absolute Gasteiger partial charge is 0.461 e. The van der Waals surface area contributed by atoms with E-state index < -0.39 is 11.8 Å². The van der Waals surface area contributed by atoms with Gasteiger partial charge in [-0.2, -0.15) is 0 Å². The highest BCUT2D eigenvalue weighted by molar-refractivity contribution is 7.17. The monoisotopic (exact) mass is 392 g/mol. The molecule has 6 nitrogen and oxygen atoms in total. The zero-order valence-corrected chi connectivity index (χ0v) is 16.2. The number of rotatable bonds is 8. The molecule has 0 aliphatic carbocycles. The summed E-state index contributed by atoms with van der Waals surface area (Å²) in [6, 6.07) is 5.17. The summed E-state index contributed by atoms with van der Waals surface area (Å²) in [6.45, 7) is 5.84. The number of hydrogen-bond acceptors (Lipinski definition) is 6. The molecule has 0 unspecified atom stereocenters. The van der Waals surface area contributed by atoms with Crippen LogP contribution < -0.4 is 5.32 Å². The van der Waals surface area contributed by atoms with Crippen LogP contribution in [0, 0.1) is 18.7 Å². The van der Waals surface area contributed by atoms with E-state index in [1.165, 1.54) is 24.3 Å². The first kappa shape index (κ1) is 20.7. The molecule has 2 aromatic rings. The lowest BCUT2D eigenvalue weighted by Gasteiger charge is -2.05. The summed E-state index contributed by atoms with van der Waals surface area (Å²) < 4.78 is 18.0. The minimum Gasteiger partial charge on any atom is -0.461 e. The molecule has 2 rings (SSSR count). The Morgan fingerprint density at radius 2 is 1.85 bits per heavy atom. The van der Waals surface area contributed by atoms with Crippen molar-refractivity contribution in [2.75, 3.05) is 11.9 Å². The van der Waals surface area contributed by atoms with Gasteiger partial charge < -0.3 is 10.1 Å². The summed E-state index contributed by atoms with van der Waals surface area (Å²) in [4.78, 5) is 40.6. The Hall–Kier alpha value is -2.61. The van der Waals surface area contributed by atoms with Crippen molar-refractivity contribution in [3.63, 3.8) is 0 Å². The maximum absolute atomic E-state index is 12.9. The van der Waals surface area contributed by atoms with E-state index in [1.807, 2.05) is 13.8 Å². The van der Waals surface area contributed by atoms with Gasteiger partial charge in [0, 0.05) is 18.4 Å². The third kappa shape index (κ3) is 6.25. The number of amides is 1. The Balaban J connectivity index is 1.88. The van der Waals surface area contributed by atoms with Crippen molar-refractivity contribution in [3.8, 4) is 0 Å². The van der Waals surface area contributed by atoms with Gasteiger partial charge in [0.1, 0.15) is 10.7 Å². The number of esters is 1. The zero-order chi connectivity index (χ0) is 20.0. The van der Waals surface area contributed by atoms with Crippen LogP contribution in [-0.4, -0.2) is 29.3 Å². The number of anilines is 1. The van der Waals surface area contributed by atoms with Gasteiger partial charge in [0.15, 0.2) is 10.9 Å². The molecular weight excluding hydrogens is 371 g/mol. The predicted octanol–water partition coefficient (Wildman–Crippen LogP) is 4.01. The van der Waals surface area contributed by atoms with Gasteiger partial charge in [-0.05, 0) is 37.1 Å².